The second-order valence-electron chi connectivity index (χ2n) is 4.94. The van der Waals surface area contributed by atoms with Gasteiger partial charge in [-0.25, -0.2) is 0 Å². The number of hydrogen-bond donors (Lipinski definition) is 0. The van der Waals surface area contributed by atoms with Crippen LogP contribution in [0, 0.1) is 20.8 Å². The van der Waals surface area contributed by atoms with Crippen LogP contribution < -0.4 is 4.18 Å². The zero-order chi connectivity index (χ0) is 16.7. The molecule has 7 heteroatoms. The van der Waals surface area contributed by atoms with E-state index in [1.165, 1.54) is 12.1 Å². The van der Waals surface area contributed by atoms with Crippen molar-refractivity contribution in [3.8, 4) is 5.75 Å². The molecule has 0 saturated heterocycles. The van der Waals surface area contributed by atoms with Gasteiger partial charge >= 0.3 is 10.1 Å². The molecule has 0 bridgehead atoms. The van der Waals surface area contributed by atoms with E-state index in [-0.39, 0.29) is 20.7 Å². The molecule has 0 N–H and O–H groups in total. The normalized spacial score (nSPS) is 11.5. The van der Waals surface area contributed by atoms with Crippen LogP contribution in [-0.4, -0.2) is 8.42 Å². The summed E-state index contributed by atoms with van der Waals surface area (Å²) >= 11 is 17.8. The summed E-state index contributed by atoms with van der Waals surface area (Å²) in [5.74, 6) is 0.199. The molecule has 0 aliphatic rings. The van der Waals surface area contributed by atoms with Crippen molar-refractivity contribution in [1.82, 2.24) is 0 Å². The van der Waals surface area contributed by atoms with Crippen LogP contribution in [0.4, 0.5) is 0 Å². The molecular weight excluding hydrogens is 367 g/mol. The van der Waals surface area contributed by atoms with Gasteiger partial charge in [0.2, 0.25) is 0 Å². The monoisotopic (exact) mass is 378 g/mol. The number of rotatable bonds is 3. The average Bonchev–Trinajstić information content (AvgIpc) is 2.39. The molecule has 0 atom stereocenters. The summed E-state index contributed by atoms with van der Waals surface area (Å²) < 4.78 is 30.1. The fourth-order valence-corrected chi connectivity index (χ4v) is 3.73. The summed E-state index contributed by atoms with van der Waals surface area (Å²) in [7, 11) is -4.02. The van der Waals surface area contributed by atoms with E-state index in [1.54, 1.807) is 32.9 Å². The van der Waals surface area contributed by atoms with E-state index in [2.05, 4.69) is 0 Å². The van der Waals surface area contributed by atoms with Crippen LogP contribution in [0.5, 0.6) is 5.75 Å². The highest BCUT2D eigenvalue weighted by Gasteiger charge is 2.21. The lowest BCUT2D eigenvalue weighted by molar-refractivity contribution is 0.485. The van der Waals surface area contributed by atoms with Crippen LogP contribution in [0.1, 0.15) is 16.7 Å². The van der Waals surface area contributed by atoms with Gasteiger partial charge in [-0.2, -0.15) is 8.42 Å². The summed E-state index contributed by atoms with van der Waals surface area (Å²) in [4.78, 5) is -0.0212. The van der Waals surface area contributed by atoms with E-state index in [4.69, 9.17) is 39.0 Å². The Kier molecular flexibility index (Phi) is 4.97. The topological polar surface area (TPSA) is 43.4 Å². The smallest absolute Gasteiger partial charge is 0.339 e. The van der Waals surface area contributed by atoms with Gasteiger partial charge in [-0.15, -0.1) is 0 Å². The third-order valence-electron chi connectivity index (χ3n) is 3.10. The molecule has 2 aromatic rings. The van der Waals surface area contributed by atoms with Crippen LogP contribution in [0.15, 0.2) is 29.2 Å². The van der Waals surface area contributed by atoms with Crippen molar-refractivity contribution in [1.29, 1.82) is 0 Å². The quantitative estimate of drug-likeness (QED) is 0.676. The highest BCUT2D eigenvalue weighted by atomic mass is 35.5. The third-order valence-corrected chi connectivity index (χ3v) is 5.81. The summed E-state index contributed by atoms with van der Waals surface area (Å²) in [6.07, 6.45) is 0. The first-order valence-corrected chi connectivity index (χ1v) is 8.83. The van der Waals surface area contributed by atoms with Gasteiger partial charge in [0.1, 0.15) is 10.6 Å². The fraction of sp³-hybridized carbons (Fsp3) is 0.200. The largest absolute Gasteiger partial charge is 0.379 e. The molecular formula is C15H13Cl3O3S. The minimum Gasteiger partial charge on any atom is -0.379 e. The summed E-state index contributed by atoms with van der Waals surface area (Å²) in [6.45, 7) is 5.18. The first-order valence-electron chi connectivity index (χ1n) is 6.28. The number of aryl methyl sites for hydroxylation is 3. The Hall–Kier alpha value is -0.940. The Labute approximate surface area is 144 Å². The van der Waals surface area contributed by atoms with Crippen LogP contribution >= 0.6 is 34.8 Å². The van der Waals surface area contributed by atoms with E-state index in [1.807, 2.05) is 0 Å². The molecule has 118 valence electrons. The van der Waals surface area contributed by atoms with E-state index < -0.39 is 10.1 Å². The molecule has 2 rings (SSSR count). The van der Waals surface area contributed by atoms with Crippen molar-refractivity contribution in [2.75, 3.05) is 0 Å². The summed E-state index contributed by atoms with van der Waals surface area (Å²) in [5, 5.41) is 1.02. The predicted octanol–water partition coefficient (Wildman–Crippen LogP) is 5.34. The third kappa shape index (κ3) is 3.51. The molecule has 0 fully saturated rings. The van der Waals surface area contributed by atoms with Gasteiger partial charge in [-0.05, 0) is 61.7 Å². The molecule has 0 unspecified atom stereocenters. The minimum atomic E-state index is -4.02. The van der Waals surface area contributed by atoms with Gasteiger partial charge in [0, 0.05) is 5.02 Å². The van der Waals surface area contributed by atoms with Crippen LogP contribution in [0.25, 0.3) is 0 Å². The fourth-order valence-electron chi connectivity index (χ4n) is 2.02. The minimum absolute atomic E-state index is 0.0212. The maximum atomic E-state index is 12.4. The second-order valence-corrected chi connectivity index (χ2v) is 7.65. The van der Waals surface area contributed by atoms with Gasteiger partial charge in [0.05, 0.1) is 10.0 Å². The van der Waals surface area contributed by atoms with Gasteiger partial charge in [-0.1, -0.05) is 34.8 Å². The molecule has 0 heterocycles. The highest BCUT2D eigenvalue weighted by molar-refractivity contribution is 7.87. The lowest BCUT2D eigenvalue weighted by Gasteiger charge is -2.12. The molecule has 0 saturated carbocycles. The average molecular weight is 380 g/mol. The van der Waals surface area contributed by atoms with Crippen molar-refractivity contribution in [3.05, 3.63) is 56.0 Å². The molecule has 0 radical (unpaired) electrons. The SMILES string of the molecule is Cc1cc(Cl)c(Cl)cc1S(=O)(=O)Oc1cc(C)c(Cl)c(C)c1. The van der Waals surface area contributed by atoms with Crippen molar-refractivity contribution in [3.63, 3.8) is 0 Å². The summed E-state index contributed by atoms with van der Waals surface area (Å²) in [6, 6.07) is 5.90. The molecule has 0 aliphatic carbocycles. The zero-order valence-corrected chi connectivity index (χ0v) is 15.2. The van der Waals surface area contributed by atoms with E-state index >= 15 is 0 Å². The Balaban J connectivity index is 2.47. The Morgan fingerprint density at radius 2 is 1.32 bits per heavy atom. The van der Waals surface area contributed by atoms with Crippen molar-refractivity contribution >= 4 is 44.9 Å². The van der Waals surface area contributed by atoms with Crippen LogP contribution in [0.2, 0.25) is 15.1 Å². The van der Waals surface area contributed by atoms with Crippen LogP contribution in [0.3, 0.4) is 0 Å². The van der Waals surface area contributed by atoms with Crippen molar-refractivity contribution in [2.24, 2.45) is 0 Å². The Bertz CT molecular complexity index is 822. The molecule has 22 heavy (non-hydrogen) atoms. The second kappa shape index (κ2) is 6.28. The molecule has 0 aliphatic heterocycles. The van der Waals surface area contributed by atoms with E-state index in [0.717, 1.165) is 11.1 Å². The molecule has 2 aromatic carbocycles. The predicted molar refractivity (Wildman–Crippen MR) is 89.9 cm³/mol. The maximum Gasteiger partial charge on any atom is 0.339 e. The van der Waals surface area contributed by atoms with Gasteiger partial charge < -0.3 is 4.18 Å². The first-order chi connectivity index (χ1) is 10.1. The molecule has 0 amide bonds. The number of halogens is 3. The maximum absolute atomic E-state index is 12.4. The molecule has 0 spiro atoms. The van der Waals surface area contributed by atoms with E-state index in [0.29, 0.717) is 10.6 Å². The lowest BCUT2D eigenvalue weighted by atomic mass is 10.1. The Morgan fingerprint density at radius 1 is 0.818 bits per heavy atom. The van der Waals surface area contributed by atoms with Crippen LogP contribution in [-0.2, 0) is 10.1 Å². The van der Waals surface area contributed by atoms with Crippen molar-refractivity contribution < 1.29 is 12.6 Å². The van der Waals surface area contributed by atoms with E-state index in [9.17, 15) is 8.42 Å². The van der Waals surface area contributed by atoms with Gasteiger partial charge in [-0.3, -0.25) is 0 Å². The van der Waals surface area contributed by atoms with Gasteiger partial charge in [0.15, 0.2) is 0 Å². The standard InChI is InChI=1S/C15H13Cl3O3S/c1-8-6-12(16)13(17)7-14(8)22(19,20)21-11-4-9(2)15(18)10(3)5-11/h4-7H,1-3H3. The number of benzene rings is 2. The molecule has 3 nitrogen and oxygen atoms in total. The zero-order valence-electron chi connectivity index (χ0n) is 12.1. The summed E-state index contributed by atoms with van der Waals surface area (Å²) in [5.41, 5.74) is 1.92. The number of hydrogen-bond acceptors (Lipinski definition) is 3. The molecule has 0 aromatic heterocycles. The first kappa shape index (κ1) is 17.4. The highest BCUT2D eigenvalue weighted by Crippen LogP contribution is 2.31. The van der Waals surface area contributed by atoms with Crippen molar-refractivity contribution in [2.45, 2.75) is 25.7 Å². The van der Waals surface area contributed by atoms with Gasteiger partial charge in [0.25, 0.3) is 0 Å². The lowest BCUT2D eigenvalue weighted by Crippen LogP contribution is -2.11. The Morgan fingerprint density at radius 3 is 1.86 bits per heavy atom.